The van der Waals surface area contributed by atoms with Crippen LogP contribution in [0.15, 0.2) is 42.5 Å². The number of amides is 2. The van der Waals surface area contributed by atoms with Gasteiger partial charge in [0.2, 0.25) is 11.8 Å². The van der Waals surface area contributed by atoms with Gasteiger partial charge in [-0.2, -0.15) is 13.2 Å². The fourth-order valence-electron chi connectivity index (χ4n) is 3.77. The number of anilines is 2. The van der Waals surface area contributed by atoms with Crippen LogP contribution in [0.2, 0.25) is 0 Å². The van der Waals surface area contributed by atoms with E-state index in [0.29, 0.717) is 36.8 Å². The van der Waals surface area contributed by atoms with Crippen LogP contribution in [-0.4, -0.2) is 62.0 Å². The number of methoxy groups -OCH3 is 1. The number of piperazine rings is 1. The van der Waals surface area contributed by atoms with Gasteiger partial charge < -0.3 is 15.4 Å². The first-order valence-electron chi connectivity index (χ1n) is 10.4. The largest absolute Gasteiger partial charge is 0.497 e. The number of hydrogen-bond donors (Lipinski definition) is 2. The highest BCUT2D eigenvalue weighted by atomic mass is 19.4. The Bertz CT molecular complexity index is 995. The Labute approximate surface area is 190 Å². The molecule has 0 unspecified atom stereocenters. The SMILES string of the molecule is COc1ccc(NC(C)=O)c(NC(=O)CN2CCN(C)[C@@H](c3ccc(C(F)(F)F)cc3)C2)c1. The first-order chi connectivity index (χ1) is 15.6. The minimum absolute atomic E-state index is 0.0989. The van der Waals surface area contributed by atoms with Gasteiger partial charge in [0, 0.05) is 38.7 Å². The van der Waals surface area contributed by atoms with Gasteiger partial charge in [-0.25, -0.2) is 0 Å². The monoisotopic (exact) mass is 464 g/mol. The average Bonchev–Trinajstić information content (AvgIpc) is 2.75. The Morgan fingerprint density at radius 1 is 1.06 bits per heavy atom. The van der Waals surface area contributed by atoms with E-state index in [0.717, 1.165) is 17.7 Å². The molecule has 2 aromatic carbocycles. The lowest BCUT2D eigenvalue weighted by Crippen LogP contribution is -2.48. The second kappa shape index (κ2) is 10.2. The van der Waals surface area contributed by atoms with Crippen LogP contribution in [0.25, 0.3) is 0 Å². The van der Waals surface area contributed by atoms with E-state index in [4.69, 9.17) is 4.74 Å². The molecule has 1 aliphatic heterocycles. The number of benzene rings is 2. The molecule has 0 spiro atoms. The van der Waals surface area contributed by atoms with E-state index in [1.165, 1.54) is 26.2 Å². The molecule has 1 heterocycles. The summed E-state index contributed by atoms with van der Waals surface area (Å²) < 4.78 is 43.8. The maximum absolute atomic E-state index is 12.9. The Morgan fingerprint density at radius 2 is 1.76 bits per heavy atom. The predicted octanol–water partition coefficient (Wildman–Crippen LogP) is 3.60. The van der Waals surface area contributed by atoms with Crippen molar-refractivity contribution in [1.82, 2.24) is 9.80 Å². The smallest absolute Gasteiger partial charge is 0.416 e. The molecule has 0 saturated carbocycles. The third kappa shape index (κ3) is 6.45. The van der Waals surface area contributed by atoms with Crippen LogP contribution in [0.4, 0.5) is 24.5 Å². The van der Waals surface area contributed by atoms with Crippen molar-refractivity contribution in [2.75, 3.05) is 51.0 Å². The Kier molecular flexibility index (Phi) is 7.60. The predicted molar refractivity (Wildman–Crippen MR) is 119 cm³/mol. The quantitative estimate of drug-likeness (QED) is 0.684. The van der Waals surface area contributed by atoms with Crippen LogP contribution < -0.4 is 15.4 Å². The topological polar surface area (TPSA) is 73.9 Å². The van der Waals surface area contributed by atoms with Crippen molar-refractivity contribution in [2.24, 2.45) is 0 Å². The zero-order chi connectivity index (χ0) is 24.2. The van der Waals surface area contributed by atoms with E-state index in [1.807, 2.05) is 11.9 Å². The minimum Gasteiger partial charge on any atom is -0.497 e. The third-order valence-corrected chi connectivity index (χ3v) is 5.53. The summed E-state index contributed by atoms with van der Waals surface area (Å²) in [4.78, 5) is 28.2. The number of hydrogen-bond acceptors (Lipinski definition) is 5. The number of halogens is 3. The van der Waals surface area contributed by atoms with Crippen molar-refractivity contribution in [3.05, 3.63) is 53.6 Å². The average molecular weight is 464 g/mol. The number of carbonyl (C=O) groups excluding carboxylic acids is 2. The number of likely N-dealkylation sites (N-methyl/N-ethyl adjacent to an activating group) is 1. The molecule has 1 saturated heterocycles. The molecule has 0 aliphatic carbocycles. The molecule has 2 amide bonds. The van der Waals surface area contributed by atoms with Gasteiger partial charge in [-0.1, -0.05) is 12.1 Å². The number of nitrogens with one attached hydrogen (secondary N) is 2. The van der Waals surface area contributed by atoms with Crippen molar-refractivity contribution in [3.8, 4) is 5.75 Å². The van der Waals surface area contributed by atoms with E-state index >= 15 is 0 Å². The third-order valence-electron chi connectivity index (χ3n) is 5.53. The van der Waals surface area contributed by atoms with Crippen LogP contribution in [0, 0.1) is 0 Å². The molecule has 1 aliphatic rings. The van der Waals surface area contributed by atoms with Crippen molar-refractivity contribution in [2.45, 2.75) is 19.1 Å². The first kappa shape index (κ1) is 24.5. The highest BCUT2D eigenvalue weighted by molar-refractivity contribution is 5.99. The minimum atomic E-state index is -4.38. The van der Waals surface area contributed by atoms with Gasteiger partial charge in [0.1, 0.15) is 5.75 Å². The highest BCUT2D eigenvalue weighted by Crippen LogP contribution is 2.32. The van der Waals surface area contributed by atoms with Crippen LogP contribution in [0.5, 0.6) is 5.75 Å². The van der Waals surface area contributed by atoms with Gasteiger partial charge in [-0.15, -0.1) is 0 Å². The summed E-state index contributed by atoms with van der Waals surface area (Å²) in [6.07, 6.45) is -4.38. The molecular formula is C23H27F3N4O3. The molecular weight excluding hydrogens is 437 g/mol. The van der Waals surface area contributed by atoms with Crippen LogP contribution in [-0.2, 0) is 15.8 Å². The zero-order valence-electron chi connectivity index (χ0n) is 18.7. The van der Waals surface area contributed by atoms with Gasteiger partial charge in [0.25, 0.3) is 0 Å². The molecule has 7 nitrogen and oxygen atoms in total. The number of nitrogens with zero attached hydrogens (tertiary/aromatic N) is 2. The van der Waals surface area contributed by atoms with E-state index < -0.39 is 11.7 Å². The standard InChI is InChI=1S/C23H27F3N4O3/c1-15(31)27-19-9-8-18(33-3)12-20(19)28-22(32)14-30-11-10-29(2)21(13-30)16-4-6-17(7-5-16)23(24,25)26/h4-9,12,21H,10-11,13-14H2,1-3H3,(H,27,31)(H,28,32)/t21-/m1/s1. The summed E-state index contributed by atoms with van der Waals surface area (Å²) in [7, 11) is 3.42. The number of rotatable bonds is 6. The van der Waals surface area contributed by atoms with E-state index in [1.54, 1.807) is 18.2 Å². The van der Waals surface area contributed by atoms with Crippen LogP contribution in [0.1, 0.15) is 24.1 Å². The van der Waals surface area contributed by atoms with E-state index in [9.17, 15) is 22.8 Å². The summed E-state index contributed by atoms with van der Waals surface area (Å²) in [6, 6.07) is 9.95. The van der Waals surface area contributed by atoms with Crippen molar-refractivity contribution >= 4 is 23.2 Å². The lowest BCUT2D eigenvalue weighted by Gasteiger charge is -2.39. The molecule has 1 atom stereocenters. The molecule has 10 heteroatoms. The first-order valence-corrected chi connectivity index (χ1v) is 10.4. The molecule has 33 heavy (non-hydrogen) atoms. The molecule has 178 valence electrons. The second-order valence-corrected chi connectivity index (χ2v) is 7.99. The molecule has 2 aromatic rings. The lowest BCUT2D eigenvalue weighted by molar-refractivity contribution is -0.137. The van der Waals surface area contributed by atoms with Crippen LogP contribution >= 0.6 is 0 Å². The number of carbonyl (C=O) groups is 2. The normalized spacial score (nSPS) is 17.5. The fraction of sp³-hybridized carbons (Fsp3) is 0.391. The van der Waals surface area contributed by atoms with E-state index in [2.05, 4.69) is 15.5 Å². The Balaban J connectivity index is 1.68. The Hall–Kier alpha value is -3.11. The molecule has 3 rings (SSSR count). The van der Waals surface area contributed by atoms with Gasteiger partial charge in [0.15, 0.2) is 0 Å². The fourth-order valence-corrected chi connectivity index (χ4v) is 3.77. The van der Waals surface area contributed by atoms with Gasteiger partial charge >= 0.3 is 6.18 Å². The summed E-state index contributed by atoms with van der Waals surface area (Å²) >= 11 is 0. The van der Waals surface area contributed by atoms with Crippen molar-refractivity contribution < 1.29 is 27.5 Å². The molecule has 2 N–H and O–H groups in total. The maximum Gasteiger partial charge on any atom is 0.416 e. The van der Waals surface area contributed by atoms with Crippen LogP contribution in [0.3, 0.4) is 0 Å². The summed E-state index contributed by atoms with van der Waals surface area (Å²) in [6.45, 7) is 3.27. The highest BCUT2D eigenvalue weighted by Gasteiger charge is 2.31. The molecule has 0 aromatic heterocycles. The summed E-state index contributed by atoms with van der Waals surface area (Å²) in [5.41, 5.74) is 0.950. The summed E-state index contributed by atoms with van der Waals surface area (Å²) in [5.74, 6) is -0.0129. The molecule has 0 radical (unpaired) electrons. The number of alkyl halides is 3. The van der Waals surface area contributed by atoms with Crippen molar-refractivity contribution in [3.63, 3.8) is 0 Å². The molecule has 1 fully saturated rings. The van der Waals surface area contributed by atoms with Crippen molar-refractivity contribution in [1.29, 1.82) is 0 Å². The zero-order valence-corrected chi connectivity index (χ0v) is 18.7. The van der Waals surface area contributed by atoms with Gasteiger partial charge in [-0.05, 0) is 36.9 Å². The van der Waals surface area contributed by atoms with Gasteiger partial charge in [0.05, 0.1) is 30.6 Å². The Morgan fingerprint density at radius 3 is 2.36 bits per heavy atom. The van der Waals surface area contributed by atoms with Gasteiger partial charge in [-0.3, -0.25) is 19.4 Å². The lowest BCUT2D eigenvalue weighted by atomic mass is 10.0. The summed E-state index contributed by atoms with van der Waals surface area (Å²) in [5, 5.41) is 5.49. The second-order valence-electron chi connectivity index (χ2n) is 7.99. The molecule has 0 bridgehead atoms. The maximum atomic E-state index is 12.9. The number of ether oxygens (including phenoxy) is 1. The van der Waals surface area contributed by atoms with E-state index in [-0.39, 0.29) is 24.4 Å².